The van der Waals surface area contributed by atoms with E-state index in [0.29, 0.717) is 6.61 Å². The molecule has 0 atom stereocenters. The standard InChI is InChI=1S/C11H21NO/c13-6-3-9-7-11(8-9)10-1-4-12-5-2-10/h9-13H,1-8H2. The molecule has 0 aromatic rings. The first-order valence-corrected chi connectivity index (χ1v) is 5.71. The summed E-state index contributed by atoms with van der Waals surface area (Å²) in [6.45, 7) is 2.85. The lowest BCUT2D eigenvalue weighted by Crippen LogP contribution is -2.37. The number of nitrogens with one attached hydrogen (secondary N) is 1. The van der Waals surface area contributed by atoms with Crippen LogP contribution in [0.5, 0.6) is 0 Å². The lowest BCUT2D eigenvalue weighted by atomic mass is 9.65. The summed E-state index contributed by atoms with van der Waals surface area (Å²) in [4.78, 5) is 0. The monoisotopic (exact) mass is 183 g/mol. The highest BCUT2D eigenvalue weighted by Crippen LogP contribution is 2.43. The molecular formula is C11H21NO. The summed E-state index contributed by atoms with van der Waals surface area (Å²) in [6, 6.07) is 0. The van der Waals surface area contributed by atoms with Crippen molar-refractivity contribution in [1.82, 2.24) is 5.32 Å². The molecule has 0 aromatic carbocycles. The van der Waals surface area contributed by atoms with E-state index in [1.54, 1.807) is 0 Å². The first-order chi connectivity index (χ1) is 6.40. The fourth-order valence-electron chi connectivity index (χ4n) is 2.91. The van der Waals surface area contributed by atoms with Gasteiger partial charge in [0.25, 0.3) is 0 Å². The minimum absolute atomic E-state index is 0.392. The molecule has 1 saturated carbocycles. The first-order valence-electron chi connectivity index (χ1n) is 5.71. The van der Waals surface area contributed by atoms with Gasteiger partial charge in [0.1, 0.15) is 0 Å². The van der Waals surface area contributed by atoms with Crippen LogP contribution in [0.1, 0.15) is 32.1 Å². The molecule has 1 aliphatic carbocycles. The number of hydrogen-bond acceptors (Lipinski definition) is 2. The van der Waals surface area contributed by atoms with Crippen LogP contribution >= 0.6 is 0 Å². The van der Waals surface area contributed by atoms with Gasteiger partial charge in [-0.2, -0.15) is 0 Å². The summed E-state index contributed by atoms with van der Waals surface area (Å²) < 4.78 is 0. The van der Waals surface area contributed by atoms with Crippen LogP contribution in [0.3, 0.4) is 0 Å². The SMILES string of the molecule is OCCC1CC(C2CCNCC2)C1. The van der Waals surface area contributed by atoms with E-state index >= 15 is 0 Å². The van der Waals surface area contributed by atoms with Gasteiger partial charge in [-0.15, -0.1) is 0 Å². The lowest BCUT2D eigenvalue weighted by Gasteiger charge is -2.42. The minimum Gasteiger partial charge on any atom is -0.396 e. The van der Waals surface area contributed by atoms with Crippen molar-refractivity contribution in [2.24, 2.45) is 17.8 Å². The highest BCUT2D eigenvalue weighted by molar-refractivity contribution is 4.86. The van der Waals surface area contributed by atoms with Crippen LogP contribution < -0.4 is 5.32 Å². The smallest absolute Gasteiger partial charge is 0.0433 e. The minimum atomic E-state index is 0.392. The van der Waals surface area contributed by atoms with Gasteiger partial charge in [0, 0.05) is 6.61 Å². The van der Waals surface area contributed by atoms with E-state index in [-0.39, 0.29) is 0 Å². The number of aliphatic hydroxyl groups excluding tert-OH is 1. The molecule has 2 fully saturated rings. The molecule has 0 amide bonds. The molecule has 2 N–H and O–H groups in total. The molecule has 76 valence electrons. The quantitative estimate of drug-likeness (QED) is 0.693. The van der Waals surface area contributed by atoms with E-state index in [2.05, 4.69) is 5.32 Å². The van der Waals surface area contributed by atoms with Crippen LogP contribution in [0.2, 0.25) is 0 Å². The van der Waals surface area contributed by atoms with E-state index in [1.165, 1.54) is 38.8 Å². The number of hydrogen-bond donors (Lipinski definition) is 2. The molecule has 2 nitrogen and oxygen atoms in total. The van der Waals surface area contributed by atoms with Gasteiger partial charge >= 0.3 is 0 Å². The van der Waals surface area contributed by atoms with Crippen molar-refractivity contribution in [2.75, 3.05) is 19.7 Å². The third-order valence-corrected chi connectivity index (χ3v) is 3.86. The Balaban J connectivity index is 1.66. The topological polar surface area (TPSA) is 32.3 Å². The molecule has 0 bridgehead atoms. The third kappa shape index (κ3) is 2.23. The Morgan fingerprint density at radius 1 is 1.08 bits per heavy atom. The largest absolute Gasteiger partial charge is 0.396 e. The maximum absolute atomic E-state index is 8.79. The zero-order chi connectivity index (χ0) is 9.10. The Kier molecular flexibility index (Phi) is 3.23. The number of rotatable bonds is 3. The maximum Gasteiger partial charge on any atom is 0.0433 e. The molecule has 2 heteroatoms. The van der Waals surface area contributed by atoms with E-state index in [1.807, 2.05) is 0 Å². The van der Waals surface area contributed by atoms with Crippen molar-refractivity contribution in [3.63, 3.8) is 0 Å². The predicted octanol–water partition coefficient (Wildman–Crippen LogP) is 1.39. The second-order valence-electron chi connectivity index (χ2n) is 4.70. The van der Waals surface area contributed by atoms with E-state index < -0.39 is 0 Å². The fraction of sp³-hybridized carbons (Fsp3) is 1.00. The van der Waals surface area contributed by atoms with Crippen LogP contribution in [0, 0.1) is 17.8 Å². The van der Waals surface area contributed by atoms with E-state index in [0.717, 1.165) is 24.2 Å². The van der Waals surface area contributed by atoms with Crippen LogP contribution in [-0.2, 0) is 0 Å². The normalized spacial score (nSPS) is 35.8. The first kappa shape index (κ1) is 9.47. The van der Waals surface area contributed by atoms with Gasteiger partial charge in [-0.3, -0.25) is 0 Å². The van der Waals surface area contributed by atoms with E-state index in [9.17, 15) is 0 Å². The zero-order valence-electron chi connectivity index (χ0n) is 8.34. The molecule has 0 aromatic heterocycles. The molecule has 0 unspecified atom stereocenters. The number of aliphatic hydroxyl groups is 1. The van der Waals surface area contributed by atoms with Gasteiger partial charge in [-0.25, -0.2) is 0 Å². The molecule has 0 spiro atoms. The third-order valence-electron chi connectivity index (χ3n) is 3.86. The molecule has 2 aliphatic rings. The Morgan fingerprint density at radius 2 is 1.77 bits per heavy atom. The molecule has 13 heavy (non-hydrogen) atoms. The van der Waals surface area contributed by atoms with Gasteiger partial charge in [0.15, 0.2) is 0 Å². The van der Waals surface area contributed by atoms with Crippen LogP contribution in [0.4, 0.5) is 0 Å². The number of piperidine rings is 1. The van der Waals surface area contributed by atoms with Crippen LogP contribution in [0.15, 0.2) is 0 Å². The fourth-order valence-corrected chi connectivity index (χ4v) is 2.91. The van der Waals surface area contributed by atoms with Gasteiger partial charge in [-0.1, -0.05) is 0 Å². The van der Waals surface area contributed by atoms with Crippen molar-refractivity contribution >= 4 is 0 Å². The molecule has 2 rings (SSSR count). The molecule has 0 radical (unpaired) electrons. The summed E-state index contributed by atoms with van der Waals surface area (Å²) in [7, 11) is 0. The Hall–Kier alpha value is -0.0800. The summed E-state index contributed by atoms with van der Waals surface area (Å²) in [6.07, 6.45) is 6.60. The molecule has 1 saturated heterocycles. The van der Waals surface area contributed by atoms with Crippen molar-refractivity contribution < 1.29 is 5.11 Å². The van der Waals surface area contributed by atoms with Gasteiger partial charge in [0.2, 0.25) is 0 Å². The second-order valence-corrected chi connectivity index (χ2v) is 4.70. The highest BCUT2D eigenvalue weighted by atomic mass is 16.3. The van der Waals surface area contributed by atoms with Gasteiger partial charge in [-0.05, 0) is 62.9 Å². The van der Waals surface area contributed by atoms with Crippen molar-refractivity contribution in [1.29, 1.82) is 0 Å². The summed E-state index contributed by atoms with van der Waals surface area (Å²) >= 11 is 0. The predicted molar refractivity (Wildman–Crippen MR) is 53.5 cm³/mol. The van der Waals surface area contributed by atoms with Crippen molar-refractivity contribution in [3.05, 3.63) is 0 Å². The Bertz CT molecular complexity index is 148. The molecular weight excluding hydrogens is 162 g/mol. The highest BCUT2D eigenvalue weighted by Gasteiger charge is 2.34. The van der Waals surface area contributed by atoms with Crippen LogP contribution in [0.25, 0.3) is 0 Å². The van der Waals surface area contributed by atoms with E-state index in [4.69, 9.17) is 5.11 Å². The van der Waals surface area contributed by atoms with Crippen LogP contribution in [-0.4, -0.2) is 24.8 Å². The van der Waals surface area contributed by atoms with Crippen molar-refractivity contribution in [2.45, 2.75) is 32.1 Å². The second kappa shape index (κ2) is 4.43. The summed E-state index contributed by atoms with van der Waals surface area (Å²) in [5.74, 6) is 2.85. The zero-order valence-corrected chi connectivity index (χ0v) is 8.34. The van der Waals surface area contributed by atoms with Crippen molar-refractivity contribution in [3.8, 4) is 0 Å². The maximum atomic E-state index is 8.79. The van der Waals surface area contributed by atoms with Gasteiger partial charge in [0.05, 0.1) is 0 Å². The summed E-state index contributed by atoms with van der Waals surface area (Å²) in [5, 5.41) is 12.2. The lowest BCUT2D eigenvalue weighted by molar-refractivity contribution is 0.0823. The molecule has 1 aliphatic heterocycles. The van der Waals surface area contributed by atoms with Gasteiger partial charge < -0.3 is 10.4 Å². The molecule has 1 heterocycles. The summed E-state index contributed by atoms with van der Waals surface area (Å²) in [5.41, 5.74) is 0. The Labute approximate surface area is 80.7 Å². The Morgan fingerprint density at radius 3 is 2.38 bits per heavy atom. The average molecular weight is 183 g/mol. The average Bonchev–Trinajstić information content (AvgIpc) is 2.12.